The Kier molecular flexibility index (Phi) is 8.73. The molecular formula is C64H40N4O. The van der Waals surface area contributed by atoms with Gasteiger partial charge in [0, 0.05) is 44.3 Å². The molecule has 0 N–H and O–H groups in total. The lowest BCUT2D eigenvalue weighted by Crippen LogP contribution is -2.26. The first-order valence-electron chi connectivity index (χ1n) is 23.4. The van der Waals surface area contributed by atoms with Gasteiger partial charge >= 0.3 is 0 Å². The first kappa shape index (κ1) is 39.0. The summed E-state index contributed by atoms with van der Waals surface area (Å²) in [5, 5.41) is 2.00. The number of hydrogen-bond acceptors (Lipinski definition) is 5. The van der Waals surface area contributed by atoms with Gasteiger partial charge in [-0.2, -0.15) is 0 Å². The number of hydrogen-bond donors (Lipinski definition) is 0. The number of furan rings is 1. The van der Waals surface area contributed by atoms with Gasteiger partial charge in [-0.05, 0) is 93.0 Å². The lowest BCUT2D eigenvalue weighted by molar-refractivity contribution is 0.669. The Hall–Kier alpha value is -9.19. The normalized spacial score (nSPS) is 12.8. The Bertz CT molecular complexity index is 3930. The lowest BCUT2D eigenvalue weighted by atomic mass is 9.70. The molecule has 0 bridgehead atoms. The molecule has 5 heteroatoms. The maximum atomic E-state index is 6.32. The molecule has 10 aromatic carbocycles. The third-order valence-electron chi connectivity index (χ3n) is 14.2. The van der Waals surface area contributed by atoms with E-state index in [2.05, 4.69) is 187 Å². The molecule has 14 rings (SSSR count). The Labute approximate surface area is 399 Å². The van der Waals surface area contributed by atoms with Gasteiger partial charge < -0.3 is 9.32 Å². The summed E-state index contributed by atoms with van der Waals surface area (Å²) in [5.41, 5.74) is 19.5. The van der Waals surface area contributed by atoms with Gasteiger partial charge in [-0.25, -0.2) is 15.0 Å². The van der Waals surface area contributed by atoms with E-state index in [9.17, 15) is 0 Å². The molecule has 5 nitrogen and oxygen atoms in total. The zero-order valence-corrected chi connectivity index (χ0v) is 37.3. The van der Waals surface area contributed by atoms with Crippen molar-refractivity contribution in [1.82, 2.24) is 15.0 Å². The standard InChI is InChI=1S/C64H40N4O/c1-3-19-41(20-4-1)45-23-10-15-33-55(45)68(56-34-18-32-54-60(56)48-26-9-14-31-53(48)64(54)51-29-12-7-24-46(51)47-25-8-13-30-52(47)64)44-39-37-43(38-40-44)62-65-61(42-21-5-2-6-22-42)66-63(67-62)50-28-17-36-58-59(50)49-27-11-16-35-57(49)69-58/h1-40H. The maximum absolute atomic E-state index is 6.32. The third-order valence-corrected chi connectivity index (χ3v) is 14.2. The third kappa shape index (κ3) is 5.87. The number of anilines is 3. The number of fused-ring (bicyclic) bond motifs is 13. The minimum atomic E-state index is -0.483. The minimum absolute atomic E-state index is 0.483. The second kappa shape index (κ2) is 15.4. The number of rotatable bonds is 7. The van der Waals surface area contributed by atoms with Crippen LogP contribution in [0.25, 0.3) is 89.5 Å². The zero-order chi connectivity index (χ0) is 45.5. The molecule has 0 fully saturated rings. The Morgan fingerprint density at radius 1 is 0.319 bits per heavy atom. The summed E-state index contributed by atoms with van der Waals surface area (Å²) in [7, 11) is 0. The van der Waals surface area contributed by atoms with Gasteiger partial charge in [0.1, 0.15) is 11.2 Å². The first-order chi connectivity index (χ1) is 34.2. The highest BCUT2D eigenvalue weighted by Crippen LogP contribution is 2.64. The fourth-order valence-electron chi connectivity index (χ4n) is 11.3. The largest absolute Gasteiger partial charge is 0.456 e. The topological polar surface area (TPSA) is 55.1 Å². The van der Waals surface area contributed by atoms with E-state index >= 15 is 0 Å². The van der Waals surface area contributed by atoms with Crippen molar-refractivity contribution in [1.29, 1.82) is 0 Å². The lowest BCUT2D eigenvalue weighted by Gasteiger charge is -2.32. The highest BCUT2D eigenvalue weighted by molar-refractivity contribution is 6.12. The van der Waals surface area contributed by atoms with E-state index in [1.165, 1.54) is 44.5 Å². The van der Waals surface area contributed by atoms with Crippen molar-refractivity contribution in [3.8, 4) is 67.5 Å². The highest BCUT2D eigenvalue weighted by Gasteiger charge is 2.52. The van der Waals surface area contributed by atoms with Crippen molar-refractivity contribution in [2.24, 2.45) is 0 Å². The molecule has 1 spiro atoms. The molecule has 322 valence electrons. The molecule has 0 unspecified atom stereocenters. The van der Waals surface area contributed by atoms with Crippen LogP contribution in [0.15, 0.2) is 247 Å². The molecule has 0 saturated heterocycles. The van der Waals surface area contributed by atoms with Crippen LogP contribution in [0.4, 0.5) is 17.1 Å². The van der Waals surface area contributed by atoms with Gasteiger partial charge in [-0.3, -0.25) is 0 Å². The molecule has 0 atom stereocenters. The molecule has 0 saturated carbocycles. The van der Waals surface area contributed by atoms with Gasteiger partial charge in [0.05, 0.1) is 16.8 Å². The monoisotopic (exact) mass is 880 g/mol. The molecule has 12 aromatic rings. The Morgan fingerprint density at radius 3 is 1.51 bits per heavy atom. The smallest absolute Gasteiger partial charge is 0.164 e. The van der Waals surface area contributed by atoms with E-state index in [0.717, 1.165) is 66.8 Å². The average molecular weight is 881 g/mol. The van der Waals surface area contributed by atoms with Gasteiger partial charge in [-0.15, -0.1) is 0 Å². The fraction of sp³-hybridized carbons (Fsp3) is 0.0156. The van der Waals surface area contributed by atoms with E-state index in [1.54, 1.807) is 0 Å². The summed E-state index contributed by atoms with van der Waals surface area (Å²) in [5.74, 6) is 1.77. The predicted octanol–water partition coefficient (Wildman–Crippen LogP) is 16.3. The first-order valence-corrected chi connectivity index (χ1v) is 23.4. The summed E-state index contributed by atoms with van der Waals surface area (Å²) in [6.45, 7) is 0. The van der Waals surface area contributed by atoms with Crippen LogP contribution >= 0.6 is 0 Å². The van der Waals surface area contributed by atoms with E-state index in [4.69, 9.17) is 19.4 Å². The van der Waals surface area contributed by atoms with Crippen LogP contribution in [0, 0.1) is 0 Å². The molecule has 2 aliphatic rings. The van der Waals surface area contributed by atoms with Crippen molar-refractivity contribution in [2.75, 3.05) is 4.90 Å². The summed E-state index contributed by atoms with van der Waals surface area (Å²) >= 11 is 0. The number of aromatic nitrogens is 3. The van der Waals surface area contributed by atoms with Crippen LogP contribution in [0.1, 0.15) is 22.3 Å². The summed E-state index contributed by atoms with van der Waals surface area (Å²) < 4.78 is 6.32. The molecule has 2 heterocycles. The molecule has 2 aliphatic carbocycles. The summed E-state index contributed by atoms with van der Waals surface area (Å²) in [6.07, 6.45) is 0. The predicted molar refractivity (Wildman–Crippen MR) is 280 cm³/mol. The van der Waals surface area contributed by atoms with E-state index < -0.39 is 5.41 Å². The zero-order valence-electron chi connectivity index (χ0n) is 37.3. The summed E-state index contributed by atoms with van der Waals surface area (Å²) in [4.78, 5) is 18.0. The molecular weight excluding hydrogens is 841 g/mol. The van der Waals surface area contributed by atoms with Gasteiger partial charge in [0.2, 0.25) is 0 Å². The van der Waals surface area contributed by atoms with E-state index in [-0.39, 0.29) is 0 Å². The molecule has 2 aromatic heterocycles. The van der Waals surface area contributed by atoms with Crippen molar-refractivity contribution in [3.05, 3.63) is 265 Å². The van der Waals surface area contributed by atoms with Gasteiger partial charge in [0.15, 0.2) is 17.5 Å². The van der Waals surface area contributed by atoms with Crippen LogP contribution in [-0.2, 0) is 5.41 Å². The van der Waals surface area contributed by atoms with Crippen LogP contribution in [0.5, 0.6) is 0 Å². The van der Waals surface area contributed by atoms with Gasteiger partial charge in [0.25, 0.3) is 0 Å². The number of nitrogens with zero attached hydrogens (tertiary/aromatic N) is 4. The summed E-state index contributed by atoms with van der Waals surface area (Å²) in [6, 6.07) is 86.5. The van der Waals surface area contributed by atoms with Crippen molar-refractivity contribution >= 4 is 39.0 Å². The maximum Gasteiger partial charge on any atom is 0.164 e. The molecule has 0 amide bonds. The van der Waals surface area contributed by atoms with Crippen LogP contribution in [-0.4, -0.2) is 15.0 Å². The molecule has 69 heavy (non-hydrogen) atoms. The van der Waals surface area contributed by atoms with Gasteiger partial charge in [-0.1, -0.05) is 194 Å². The second-order valence-corrected chi connectivity index (χ2v) is 17.8. The number of para-hydroxylation sites is 2. The Morgan fingerprint density at radius 2 is 0.797 bits per heavy atom. The average Bonchev–Trinajstić information content (AvgIpc) is 4.06. The van der Waals surface area contributed by atoms with Crippen LogP contribution in [0.3, 0.4) is 0 Å². The SMILES string of the molecule is c1ccc(-c2nc(-c3ccc(N(c4ccccc4-c4ccccc4)c4cccc5c4-c4ccccc4C54c5ccccc5-c5ccccc54)cc3)nc(-c3cccc4oc5ccccc5c34)n2)cc1. The van der Waals surface area contributed by atoms with E-state index in [0.29, 0.717) is 17.5 Å². The van der Waals surface area contributed by atoms with Crippen LogP contribution < -0.4 is 4.90 Å². The highest BCUT2D eigenvalue weighted by atomic mass is 16.3. The second-order valence-electron chi connectivity index (χ2n) is 17.8. The van der Waals surface area contributed by atoms with Crippen molar-refractivity contribution in [2.45, 2.75) is 5.41 Å². The molecule has 0 aliphatic heterocycles. The quantitative estimate of drug-likeness (QED) is 0.160. The van der Waals surface area contributed by atoms with Crippen molar-refractivity contribution in [3.63, 3.8) is 0 Å². The fourth-order valence-corrected chi connectivity index (χ4v) is 11.3. The molecule has 0 radical (unpaired) electrons. The van der Waals surface area contributed by atoms with E-state index in [1.807, 2.05) is 60.7 Å². The minimum Gasteiger partial charge on any atom is -0.456 e. The number of benzene rings is 10. The Balaban J connectivity index is 0.981. The van der Waals surface area contributed by atoms with Crippen LogP contribution in [0.2, 0.25) is 0 Å². The van der Waals surface area contributed by atoms with Crippen molar-refractivity contribution < 1.29 is 4.42 Å².